The van der Waals surface area contributed by atoms with Gasteiger partial charge in [-0.25, -0.2) is 0 Å². The highest BCUT2D eigenvalue weighted by Gasteiger charge is 2.08. The van der Waals surface area contributed by atoms with E-state index in [0.717, 1.165) is 24.8 Å². The molecule has 2 N–H and O–H groups in total. The van der Waals surface area contributed by atoms with Gasteiger partial charge in [-0.05, 0) is 24.5 Å². The number of hydrogen-bond acceptors (Lipinski definition) is 2. The molecule has 0 amide bonds. The number of unbranched alkanes of at least 4 members (excludes halogenated alkanes) is 1. The highest BCUT2D eigenvalue weighted by Crippen LogP contribution is 2.20. The van der Waals surface area contributed by atoms with Crippen molar-refractivity contribution < 1.29 is 0 Å². The predicted octanol–water partition coefficient (Wildman–Crippen LogP) is 2.73. The second-order valence-corrected chi connectivity index (χ2v) is 6.42. The number of rotatable bonds is 7. The molecule has 0 aliphatic carbocycles. The van der Waals surface area contributed by atoms with E-state index in [1.54, 1.807) is 0 Å². The van der Waals surface area contributed by atoms with E-state index in [0.29, 0.717) is 5.41 Å². The highest BCUT2D eigenvalue weighted by atomic mass is 32.2. The number of nitrogens with zero attached hydrogens (tertiary/aromatic N) is 1. The lowest BCUT2D eigenvalue weighted by Crippen LogP contribution is -2.38. The molecule has 0 radical (unpaired) electrons. The first kappa shape index (κ1) is 16.6. The second-order valence-electron chi connectivity index (χ2n) is 5.44. The minimum absolute atomic E-state index is 0.457. The first-order valence-corrected chi connectivity index (χ1v) is 7.82. The Kier molecular flexibility index (Phi) is 9.41. The van der Waals surface area contributed by atoms with Gasteiger partial charge in [-0.2, -0.15) is 11.8 Å². The molecule has 3 nitrogen and oxygen atoms in total. The van der Waals surface area contributed by atoms with Gasteiger partial charge in [-0.3, -0.25) is 4.99 Å². The third-order valence-electron chi connectivity index (χ3n) is 2.47. The van der Waals surface area contributed by atoms with Gasteiger partial charge in [0.25, 0.3) is 0 Å². The number of nitrogens with one attached hydrogen (secondary N) is 2. The van der Waals surface area contributed by atoms with Gasteiger partial charge in [0.2, 0.25) is 0 Å². The normalized spacial score (nSPS) is 12.6. The lowest BCUT2D eigenvalue weighted by Gasteiger charge is -2.18. The van der Waals surface area contributed by atoms with Crippen molar-refractivity contribution in [2.45, 2.75) is 40.0 Å². The molecule has 0 aromatic heterocycles. The van der Waals surface area contributed by atoms with E-state index < -0.39 is 0 Å². The molecule has 102 valence electrons. The molecular formula is C13H29N3S. The first-order chi connectivity index (χ1) is 7.99. The van der Waals surface area contributed by atoms with E-state index in [1.807, 2.05) is 18.8 Å². The molecule has 0 spiro atoms. The molecule has 0 fully saturated rings. The van der Waals surface area contributed by atoms with Gasteiger partial charge in [0.1, 0.15) is 0 Å². The fourth-order valence-corrected chi connectivity index (χ4v) is 1.79. The van der Waals surface area contributed by atoms with Gasteiger partial charge < -0.3 is 10.6 Å². The van der Waals surface area contributed by atoms with Crippen LogP contribution in [-0.2, 0) is 0 Å². The maximum atomic E-state index is 4.19. The maximum Gasteiger partial charge on any atom is 0.191 e. The quantitative estimate of drug-likeness (QED) is 0.419. The van der Waals surface area contributed by atoms with Crippen LogP contribution in [0.2, 0.25) is 0 Å². The Morgan fingerprint density at radius 3 is 2.29 bits per heavy atom. The smallest absolute Gasteiger partial charge is 0.191 e. The van der Waals surface area contributed by atoms with E-state index in [2.05, 4.69) is 42.7 Å². The standard InChI is InChI=1S/C13H29N3S/c1-13(2,3)8-6-7-9-15-12(14-4)16-10-11-17-5/h6-11H2,1-5H3,(H2,14,15,16). The Labute approximate surface area is 111 Å². The lowest BCUT2D eigenvalue weighted by atomic mass is 9.90. The summed E-state index contributed by atoms with van der Waals surface area (Å²) in [6.07, 6.45) is 5.89. The summed E-state index contributed by atoms with van der Waals surface area (Å²) in [6, 6.07) is 0. The van der Waals surface area contributed by atoms with E-state index in [9.17, 15) is 0 Å². The molecule has 0 aliphatic heterocycles. The molecule has 0 unspecified atom stereocenters. The van der Waals surface area contributed by atoms with Crippen LogP contribution in [0.3, 0.4) is 0 Å². The van der Waals surface area contributed by atoms with Crippen molar-refractivity contribution in [3.8, 4) is 0 Å². The van der Waals surface area contributed by atoms with Gasteiger partial charge in [0, 0.05) is 25.9 Å². The molecule has 4 heteroatoms. The molecule has 0 aliphatic rings. The zero-order chi connectivity index (χ0) is 13.1. The Morgan fingerprint density at radius 2 is 1.76 bits per heavy atom. The van der Waals surface area contributed by atoms with Gasteiger partial charge in [0.15, 0.2) is 5.96 Å². The summed E-state index contributed by atoms with van der Waals surface area (Å²) in [4.78, 5) is 4.19. The van der Waals surface area contributed by atoms with Crippen LogP contribution in [0.25, 0.3) is 0 Å². The summed E-state index contributed by atoms with van der Waals surface area (Å²) in [5.41, 5.74) is 0.457. The number of thioether (sulfide) groups is 1. The minimum atomic E-state index is 0.457. The zero-order valence-corrected chi connectivity index (χ0v) is 12.9. The van der Waals surface area contributed by atoms with Gasteiger partial charge in [0.05, 0.1) is 0 Å². The van der Waals surface area contributed by atoms with Gasteiger partial charge >= 0.3 is 0 Å². The van der Waals surface area contributed by atoms with Gasteiger partial charge in [-0.15, -0.1) is 0 Å². The van der Waals surface area contributed by atoms with Crippen molar-refractivity contribution in [1.82, 2.24) is 10.6 Å². The van der Waals surface area contributed by atoms with Crippen LogP contribution in [0.15, 0.2) is 4.99 Å². The number of guanidine groups is 1. The molecular weight excluding hydrogens is 230 g/mol. The summed E-state index contributed by atoms with van der Waals surface area (Å²) < 4.78 is 0. The summed E-state index contributed by atoms with van der Waals surface area (Å²) >= 11 is 1.84. The van der Waals surface area contributed by atoms with E-state index in [4.69, 9.17) is 0 Å². The van der Waals surface area contributed by atoms with Crippen LogP contribution >= 0.6 is 11.8 Å². The molecule has 0 aromatic rings. The van der Waals surface area contributed by atoms with Crippen LogP contribution in [0, 0.1) is 5.41 Å². The Hall–Kier alpha value is -0.380. The average Bonchev–Trinajstić information content (AvgIpc) is 2.25. The number of hydrogen-bond donors (Lipinski definition) is 2. The fraction of sp³-hybridized carbons (Fsp3) is 0.923. The van der Waals surface area contributed by atoms with Crippen molar-refractivity contribution in [3.05, 3.63) is 0 Å². The van der Waals surface area contributed by atoms with Crippen molar-refractivity contribution >= 4 is 17.7 Å². The molecule has 0 aromatic carbocycles. The molecule has 0 rings (SSSR count). The molecule has 0 atom stereocenters. The third kappa shape index (κ3) is 11.9. The topological polar surface area (TPSA) is 36.4 Å². The monoisotopic (exact) mass is 259 g/mol. The van der Waals surface area contributed by atoms with Crippen LogP contribution < -0.4 is 10.6 Å². The molecule has 17 heavy (non-hydrogen) atoms. The van der Waals surface area contributed by atoms with Crippen molar-refractivity contribution in [1.29, 1.82) is 0 Å². The minimum Gasteiger partial charge on any atom is -0.356 e. The molecule has 0 heterocycles. The fourth-order valence-electron chi connectivity index (χ4n) is 1.48. The van der Waals surface area contributed by atoms with E-state index >= 15 is 0 Å². The van der Waals surface area contributed by atoms with Crippen LogP contribution in [0.5, 0.6) is 0 Å². The Morgan fingerprint density at radius 1 is 1.12 bits per heavy atom. The largest absolute Gasteiger partial charge is 0.356 e. The van der Waals surface area contributed by atoms with E-state index in [1.165, 1.54) is 19.3 Å². The van der Waals surface area contributed by atoms with Crippen LogP contribution in [0.1, 0.15) is 40.0 Å². The Bertz CT molecular complexity index is 209. The summed E-state index contributed by atoms with van der Waals surface area (Å²) in [7, 11) is 1.82. The van der Waals surface area contributed by atoms with Crippen LogP contribution in [-0.4, -0.2) is 38.1 Å². The Balaban J connectivity index is 3.51. The lowest BCUT2D eigenvalue weighted by molar-refractivity contribution is 0.360. The molecule has 0 bridgehead atoms. The number of aliphatic imine (C=N–C) groups is 1. The summed E-state index contributed by atoms with van der Waals surface area (Å²) in [6.45, 7) is 8.87. The van der Waals surface area contributed by atoms with Gasteiger partial charge in [-0.1, -0.05) is 27.2 Å². The average molecular weight is 259 g/mol. The van der Waals surface area contributed by atoms with Crippen molar-refractivity contribution in [2.75, 3.05) is 32.1 Å². The third-order valence-corrected chi connectivity index (χ3v) is 3.08. The second kappa shape index (κ2) is 9.63. The predicted molar refractivity (Wildman–Crippen MR) is 81.1 cm³/mol. The zero-order valence-electron chi connectivity index (χ0n) is 12.1. The first-order valence-electron chi connectivity index (χ1n) is 6.43. The summed E-state index contributed by atoms with van der Waals surface area (Å²) in [5, 5.41) is 6.64. The van der Waals surface area contributed by atoms with Crippen molar-refractivity contribution in [3.63, 3.8) is 0 Å². The molecule has 0 saturated carbocycles. The highest BCUT2D eigenvalue weighted by molar-refractivity contribution is 7.98. The SMILES string of the molecule is CN=C(NCCCCC(C)(C)C)NCCSC. The van der Waals surface area contributed by atoms with Crippen LogP contribution in [0.4, 0.5) is 0 Å². The summed E-state index contributed by atoms with van der Waals surface area (Å²) in [5.74, 6) is 2.04. The molecule has 0 saturated heterocycles. The van der Waals surface area contributed by atoms with E-state index in [-0.39, 0.29) is 0 Å². The van der Waals surface area contributed by atoms with Crippen molar-refractivity contribution in [2.24, 2.45) is 10.4 Å². The maximum absolute atomic E-state index is 4.19.